The van der Waals surface area contributed by atoms with Crippen LogP contribution in [0.15, 0.2) is 47.4 Å². The summed E-state index contributed by atoms with van der Waals surface area (Å²) in [4.78, 5) is 18.2. The van der Waals surface area contributed by atoms with Gasteiger partial charge in [0.1, 0.15) is 11.6 Å². The van der Waals surface area contributed by atoms with Crippen molar-refractivity contribution in [1.29, 1.82) is 0 Å². The molecule has 0 bridgehead atoms. The van der Waals surface area contributed by atoms with Gasteiger partial charge in [0.2, 0.25) is 11.0 Å². The Kier molecular flexibility index (Phi) is 6.60. The van der Waals surface area contributed by atoms with E-state index in [9.17, 15) is 9.18 Å². The molecule has 0 spiro atoms. The molecule has 9 heteroatoms. The average Bonchev–Trinajstić information content (AvgIpc) is 3.34. The normalized spacial score (nSPS) is 11.2. The van der Waals surface area contributed by atoms with E-state index in [1.807, 2.05) is 32.0 Å². The highest BCUT2D eigenvalue weighted by atomic mass is 35.5. The van der Waals surface area contributed by atoms with E-state index in [0.29, 0.717) is 28.8 Å². The second-order valence-corrected chi connectivity index (χ2v) is 9.63. The molecule has 0 aliphatic carbocycles. The Hall–Kier alpha value is -2.42. The number of nitrogens with zero attached hydrogens (tertiary/aromatic N) is 3. The highest BCUT2D eigenvalue weighted by Crippen LogP contribution is 2.34. The zero-order chi connectivity index (χ0) is 22.0. The molecule has 0 aliphatic rings. The third-order valence-electron chi connectivity index (χ3n) is 4.60. The van der Waals surface area contributed by atoms with Crippen LogP contribution in [0.2, 0.25) is 5.02 Å². The first-order valence-electron chi connectivity index (χ1n) is 9.71. The number of halogens is 2. The fourth-order valence-corrected chi connectivity index (χ4v) is 5.21. The van der Waals surface area contributed by atoms with E-state index in [1.54, 1.807) is 28.6 Å². The van der Waals surface area contributed by atoms with Gasteiger partial charge in [-0.3, -0.25) is 4.79 Å². The first-order valence-corrected chi connectivity index (χ1v) is 11.9. The summed E-state index contributed by atoms with van der Waals surface area (Å²) >= 11 is 9.38. The van der Waals surface area contributed by atoms with Gasteiger partial charge in [0.05, 0.1) is 20.9 Å². The molecule has 2 aromatic heterocycles. The highest BCUT2D eigenvalue weighted by molar-refractivity contribution is 7.99. The van der Waals surface area contributed by atoms with E-state index in [-0.39, 0.29) is 11.7 Å². The maximum atomic E-state index is 13.0. The summed E-state index contributed by atoms with van der Waals surface area (Å²) in [7, 11) is 0. The number of aryl methyl sites for hydroxylation is 2. The molecule has 160 valence electrons. The molecule has 0 aliphatic heterocycles. The monoisotopic (exact) mass is 474 g/mol. The van der Waals surface area contributed by atoms with Crippen LogP contribution in [0, 0.1) is 19.7 Å². The van der Waals surface area contributed by atoms with Crippen molar-refractivity contribution in [1.82, 2.24) is 14.8 Å². The quantitative estimate of drug-likeness (QED) is 0.248. The minimum atomic E-state index is -0.249. The Morgan fingerprint density at radius 2 is 2.00 bits per heavy atom. The van der Waals surface area contributed by atoms with E-state index in [0.717, 1.165) is 32.1 Å². The van der Waals surface area contributed by atoms with Gasteiger partial charge in [-0.15, -0.1) is 11.8 Å². The van der Waals surface area contributed by atoms with Crippen molar-refractivity contribution in [2.45, 2.75) is 31.6 Å². The van der Waals surface area contributed by atoms with E-state index >= 15 is 0 Å². The molecular weight excluding hydrogens is 455 g/mol. The number of benzene rings is 2. The van der Waals surface area contributed by atoms with Crippen LogP contribution in [0.3, 0.4) is 0 Å². The second-order valence-electron chi connectivity index (χ2n) is 7.08. The lowest BCUT2D eigenvalue weighted by Gasteiger charge is -2.06. The molecule has 0 radical (unpaired) electrons. The Labute approximate surface area is 192 Å². The number of thiazole rings is 1. The van der Waals surface area contributed by atoms with Gasteiger partial charge in [-0.25, -0.2) is 9.37 Å². The smallest absolute Gasteiger partial charge is 0.225 e. The number of fused-ring (bicyclic) bond motifs is 1. The fourth-order valence-electron chi connectivity index (χ4n) is 3.07. The van der Waals surface area contributed by atoms with Crippen LogP contribution in [-0.4, -0.2) is 26.4 Å². The average molecular weight is 475 g/mol. The maximum absolute atomic E-state index is 13.0. The number of hydrogen-bond acceptors (Lipinski definition) is 5. The van der Waals surface area contributed by atoms with E-state index < -0.39 is 0 Å². The predicted molar refractivity (Wildman–Crippen MR) is 126 cm³/mol. The van der Waals surface area contributed by atoms with Crippen LogP contribution in [0.25, 0.3) is 15.3 Å². The molecule has 1 amide bonds. The van der Waals surface area contributed by atoms with Crippen molar-refractivity contribution in [2.24, 2.45) is 0 Å². The summed E-state index contributed by atoms with van der Waals surface area (Å²) in [6.07, 6.45) is 1.08. The number of aromatic nitrogens is 3. The number of thioether (sulfide) groups is 1. The lowest BCUT2D eigenvalue weighted by atomic mass is 10.2. The third kappa shape index (κ3) is 5.08. The van der Waals surface area contributed by atoms with E-state index in [1.165, 1.54) is 23.5 Å². The van der Waals surface area contributed by atoms with Gasteiger partial charge in [-0.05, 0) is 61.9 Å². The van der Waals surface area contributed by atoms with Crippen molar-refractivity contribution < 1.29 is 9.18 Å². The van der Waals surface area contributed by atoms with Gasteiger partial charge in [0.25, 0.3) is 0 Å². The summed E-state index contributed by atoms with van der Waals surface area (Å²) in [5.41, 5.74) is 2.66. The van der Waals surface area contributed by atoms with Gasteiger partial charge in [-0.1, -0.05) is 29.0 Å². The standard InChI is InChI=1S/C22H20ClFN4OS2/c1-13-5-10-17(23)21-20(13)26-22(31-21)28-18(12-14(2)27-28)25-19(29)4-3-11-30-16-8-6-15(24)7-9-16/h5-10,12H,3-4,11H2,1-2H3,(H,25,29). The molecule has 1 N–H and O–H groups in total. The van der Waals surface area contributed by atoms with Crippen LogP contribution in [0.4, 0.5) is 10.2 Å². The summed E-state index contributed by atoms with van der Waals surface area (Å²) in [6.45, 7) is 3.86. The SMILES string of the molecule is Cc1cc(NC(=O)CCCSc2ccc(F)cc2)n(-c2nc3c(C)ccc(Cl)c3s2)n1. The topological polar surface area (TPSA) is 59.8 Å². The van der Waals surface area contributed by atoms with Gasteiger partial charge >= 0.3 is 0 Å². The predicted octanol–water partition coefficient (Wildman–Crippen LogP) is 6.40. The zero-order valence-corrected chi connectivity index (χ0v) is 19.4. The number of hydrogen-bond donors (Lipinski definition) is 1. The molecular formula is C22H20ClFN4OS2. The van der Waals surface area contributed by atoms with Crippen LogP contribution >= 0.6 is 34.7 Å². The Morgan fingerprint density at radius 3 is 2.74 bits per heavy atom. The molecule has 2 aromatic carbocycles. The molecule has 31 heavy (non-hydrogen) atoms. The Bertz CT molecular complexity index is 1200. The summed E-state index contributed by atoms with van der Waals surface area (Å²) in [6, 6.07) is 12.0. The molecule has 0 unspecified atom stereocenters. The number of nitrogens with one attached hydrogen (secondary N) is 1. The number of amides is 1. The zero-order valence-electron chi connectivity index (χ0n) is 17.0. The largest absolute Gasteiger partial charge is 0.311 e. The van der Waals surface area contributed by atoms with Crippen molar-refractivity contribution in [3.8, 4) is 5.13 Å². The Balaban J connectivity index is 1.41. The van der Waals surface area contributed by atoms with Crippen LogP contribution in [-0.2, 0) is 4.79 Å². The summed E-state index contributed by atoms with van der Waals surface area (Å²) in [5.74, 6) is 1.02. The minimum absolute atomic E-state index is 0.0869. The lowest BCUT2D eigenvalue weighted by molar-refractivity contribution is -0.116. The number of rotatable bonds is 7. The number of anilines is 1. The summed E-state index contributed by atoms with van der Waals surface area (Å²) in [5, 5.41) is 8.75. The van der Waals surface area contributed by atoms with Crippen LogP contribution in [0.5, 0.6) is 0 Å². The van der Waals surface area contributed by atoms with Crippen molar-refractivity contribution in [2.75, 3.05) is 11.1 Å². The molecule has 0 saturated heterocycles. The molecule has 0 atom stereocenters. The lowest BCUT2D eigenvalue weighted by Crippen LogP contribution is -2.14. The van der Waals surface area contributed by atoms with Crippen molar-refractivity contribution >= 4 is 56.6 Å². The molecule has 0 fully saturated rings. The fraction of sp³-hybridized carbons (Fsp3) is 0.227. The molecule has 2 heterocycles. The third-order valence-corrected chi connectivity index (χ3v) is 7.19. The van der Waals surface area contributed by atoms with E-state index in [2.05, 4.69) is 10.4 Å². The van der Waals surface area contributed by atoms with Crippen molar-refractivity contribution in [3.63, 3.8) is 0 Å². The molecule has 4 aromatic rings. The first-order chi connectivity index (χ1) is 14.9. The van der Waals surface area contributed by atoms with Gasteiger partial charge in [0, 0.05) is 17.4 Å². The molecule has 5 nitrogen and oxygen atoms in total. The number of carbonyl (C=O) groups excluding carboxylic acids is 1. The maximum Gasteiger partial charge on any atom is 0.225 e. The minimum Gasteiger partial charge on any atom is -0.311 e. The van der Waals surface area contributed by atoms with Gasteiger partial charge in [0.15, 0.2) is 0 Å². The van der Waals surface area contributed by atoms with Crippen LogP contribution in [0.1, 0.15) is 24.1 Å². The first kappa shape index (κ1) is 21.8. The van der Waals surface area contributed by atoms with E-state index in [4.69, 9.17) is 16.6 Å². The highest BCUT2D eigenvalue weighted by Gasteiger charge is 2.16. The molecule has 0 saturated carbocycles. The van der Waals surface area contributed by atoms with Crippen molar-refractivity contribution in [3.05, 3.63) is 64.6 Å². The second kappa shape index (κ2) is 9.38. The van der Waals surface area contributed by atoms with Gasteiger partial charge in [-0.2, -0.15) is 9.78 Å². The van der Waals surface area contributed by atoms with Gasteiger partial charge < -0.3 is 5.32 Å². The van der Waals surface area contributed by atoms with Crippen LogP contribution < -0.4 is 5.32 Å². The molecule has 4 rings (SSSR count). The Morgan fingerprint density at radius 1 is 1.23 bits per heavy atom. The number of carbonyl (C=O) groups is 1. The summed E-state index contributed by atoms with van der Waals surface area (Å²) < 4.78 is 15.5.